The van der Waals surface area contributed by atoms with Gasteiger partial charge in [-0.2, -0.15) is 0 Å². The molecular weight excluding hydrogens is 393 g/mol. The van der Waals surface area contributed by atoms with Crippen molar-refractivity contribution in [3.63, 3.8) is 0 Å². The summed E-state index contributed by atoms with van der Waals surface area (Å²) < 4.78 is 5.57. The Bertz CT molecular complexity index is 359. The molecule has 0 atom stereocenters. The molecule has 1 heterocycles. The molecule has 1 saturated carbocycles. The molecule has 0 saturated heterocycles. The average Bonchev–Trinajstić information content (AvgIpc) is 2.54. The third-order valence-electron chi connectivity index (χ3n) is 3.20. The molecule has 0 spiro atoms. The summed E-state index contributed by atoms with van der Waals surface area (Å²) in [5.74, 6) is 0. The van der Waals surface area contributed by atoms with Crippen molar-refractivity contribution in [1.29, 1.82) is 0 Å². The van der Waals surface area contributed by atoms with Crippen LogP contribution >= 0.6 is 0 Å². The first-order valence-corrected chi connectivity index (χ1v) is 7.71. The molecule has 17 heavy (non-hydrogen) atoms. The van der Waals surface area contributed by atoms with Crippen molar-refractivity contribution >= 4 is 0 Å². The smallest absolute Gasteiger partial charge is 0.00388 e. The van der Waals surface area contributed by atoms with Crippen molar-refractivity contribution in [3.8, 4) is 0 Å². The normalized spacial score (nSPS) is 17.2. The zero-order valence-corrected chi connectivity index (χ0v) is 13.2. The van der Waals surface area contributed by atoms with Crippen LogP contribution in [0.3, 0.4) is 0 Å². The molecule has 0 amide bonds. The van der Waals surface area contributed by atoms with Gasteiger partial charge in [0.15, 0.2) is 0 Å². The standard InChI is InChI=1S/C7H15N.C6H10N2.Pt/c8-7-5-3-1-2-4-6-7;1-3-8-5-4-7(2)6-8;/h7H,1-6,8H2;4-5H,3H2,1-2H3;. The Morgan fingerprint density at radius 2 is 1.82 bits per heavy atom. The molecule has 0 unspecified atom stereocenters. The predicted molar refractivity (Wildman–Crippen MR) is 68.0 cm³/mol. The van der Waals surface area contributed by atoms with Gasteiger partial charge in [-0.25, -0.2) is 0 Å². The van der Waals surface area contributed by atoms with E-state index in [1.807, 2.05) is 0 Å². The Morgan fingerprint density at radius 1 is 1.24 bits per heavy atom. The molecule has 2 N–H and O–H groups in total. The van der Waals surface area contributed by atoms with Gasteiger partial charge in [-0.3, -0.25) is 0 Å². The Morgan fingerprint density at radius 3 is 2.18 bits per heavy atom. The van der Waals surface area contributed by atoms with Crippen molar-refractivity contribution in [1.82, 2.24) is 9.13 Å². The maximum Gasteiger partial charge on any atom is 0.00388 e. The minimum Gasteiger partial charge on any atom is -0.328 e. The number of nitrogens with two attached hydrogens (primary N) is 1. The molecule has 1 aliphatic carbocycles. The maximum atomic E-state index is 5.73. The first-order chi connectivity index (χ1) is 8.15. The summed E-state index contributed by atoms with van der Waals surface area (Å²) in [6.45, 7) is 3.20. The first kappa shape index (κ1) is 14.9. The van der Waals surface area contributed by atoms with Crippen LogP contribution in [0.2, 0.25) is 0 Å². The second-order valence-corrected chi connectivity index (χ2v) is 5.70. The summed E-state index contributed by atoms with van der Waals surface area (Å²) in [7, 11) is 2.05. The summed E-state index contributed by atoms with van der Waals surface area (Å²) in [4.78, 5) is 0. The van der Waals surface area contributed by atoms with Gasteiger partial charge < -0.3 is 5.73 Å². The number of rotatable bonds is 1. The van der Waals surface area contributed by atoms with E-state index >= 15 is 0 Å². The molecule has 1 aromatic rings. The first-order valence-electron chi connectivity index (χ1n) is 6.58. The number of hydrogen-bond acceptors (Lipinski definition) is 1. The molecule has 1 fully saturated rings. The summed E-state index contributed by atoms with van der Waals surface area (Å²) in [6, 6.07) is 0.525. The second kappa shape index (κ2) is 8.05. The molecule has 0 aromatic carbocycles. The predicted octanol–water partition coefficient (Wildman–Crippen LogP) is 2.59. The van der Waals surface area contributed by atoms with Crippen LogP contribution in [-0.2, 0) is 32.9 Å². The van der Waals surface area contributed by atoms with Crippen LogP contribution in [0.1, 0.15) is 45.4 Å². The van der Waals surface area contributed by atoms with Gasteiger partial charge in [0.1, 0.15) is 0 Å². The quantitative estimate of drug-likeness (QED) is 0.700. The van der Waals surface area contributed by atoms with Crippen LogP contribution in [0.25, 0.3) is 0 Å². The zero-order chi connectivity index (χ0) is 12.7. The van der Waals surface area contributed by atoms with Crippen LogP contribution in [0.15, 0.2) is 12.4 Å². The molecule has 3 nitrogen and oxygen atoms in total. The summed E-state index contributed by atoms with van der Waals surface area (Å²) in [5, 5.41) is 0. The number of nitrogens with zero attached hydrogens (tertiary/aromatic N) is 2. The number of aromatic nitrogens is 2. The van der Waals surface area contributed by atoms with Gasteiger partial charge in [-0.1, -0.05) is 25.7 Å². The summed E-state index contributed by atoms with van der Waals surface area (Å²) in [6.07, 6.45) is 12.2. The monoisotopic (exact) mass is 418 g/mol. The topological polar surface area (TPSA) is 35.9 Å². The molecule has 0 bridgehead atoms. The SMILES string of the molecule is CCn1ccn(C)[c]1=[Pt].NC1CCCCCC1. The molecule has 4 heteroatoms. The number of hydrogen-bond donors (Lipinski definition) is 1. The van der Waals surface area contributed by atoms with Crippen molar-refractivity contribution in [2.75, 3.05) is 0 Å². The maximum absolute atomic E-state index is 5.73. The van der Waals surface area contributed by atoms with Crippen molar-refractivity contribution < 1.29 is 19.4 Å². The van der Waals surface area contributed by atoms with E-state index in [1.54, 1.807) is 0 Å². The van der Waals surface area contributed by atoms with E-state index in [4.69, 9.17) is 5.73 Å². The fourth-order valence-electron chi connectivity index (χ4n) is 2.03. The van der Waals surface area contributed by atoms with Crippen LogP contribution in [0.5, 0.6) is 0 Å². The molecule has 0 aliphatic heterocycles. The Kier molecular flexibility index (Phi) is 7.06. The molecule has 2 rings (SSSR count). The minimum absolute atomic E-state index is 0.525. The van der Waals surface area contributed by atoms with E-state index in [0.717, 1.165) is 6.54 Å². The Balaban J connectivity index is 0.000000171. The summed E-state index contributed by atoms with van der Waals surface area (Å²) in [5.41, 5.74) is 5.73. The zero-order valence-electron chi connectivity index (χ0n) is 11.0. The average molecular weight is 418 g/mol. The molecular formula is C13H25N3Pt. The fraction of sp³-hybridized carbons (Fsp3) is 0.769. The Labute approximate surface area is 115 Å². The van der Waals surface area contributed by atoms with Crippen molar-refractivity contribution in [3.05, 3.63) is 16.2 Å². The van der Waals surface area contributed by atoms with Crippen LogP contribution in [0.4, 0.5) is 0 Å². The van der Waals surface area contributed by atoms with E-state index in [0.29, 0.717) is 6.04 Å². The third-order valence-corrected chi connectivity index (χ3v) is 4.65. The van der Waals surface area contributed by atoms with Crippen molar-refractivity contribution in [2.45, 2.75) is 58.0 Å². The largest absolute Gasteiger partial charge is 0.328 e. The Hall–Kier alpha value is -0.142. The van der Waals surface area contributed by atoms with E-state index in [2.05, 4.69) is 54.9 Å². The van der Waals surface area contributed by atoms with E-state index in [1.165, 1.54) is 42.3 Å². The summed E-state index contributed by atoms with van der Waals surface area (Å²) >= 11 is 2.31. The third kappa shape index (κ3) is 5.35. The fourth-order valence-corrected chi connectivity index (χ4v) is 2.73. The van der Waals surface area contributed by atoms with Gasteiger partial charge in [0.25, 0.3) is 0 Å². The van der Waals surface area contributed by atoms with Gasteiger partial charge in [0.05, 0.1) is 0 Å². The van der Waals surface area contributed by atoms with Crippen molar-refractivity contribution in [2.24, 2.45) is 12.8 Å². The number of aryl methyl sites for hydroxylation is 2. The number of imidazole rings is 1. The minimum atomic E-state index is 0.525. The van der Waals surface area contributed by atoms with E-state index < -0.39 is 0 Å². The molecule has 1 aromatic heterocycles. The van der Waals surface area contributed by atoms with Gasteiger partial charge >= 0.3 is 65.2 Å². The van der Waals surface area contributed by atoms with Gasteiger partial charge in [-0.05, 0) is 12.8 Å². The molecule has 1 aliphatic rings. The van der Waals surface area contributed by atoms with E-state index in [-0.39, 0.29) is 0 Å². The molecule has 0 radical (unpaired) electrons. The second-order valence-electron chi connectivity index (χ2n) is 4.69. The van der Waals surface area contributed by atoms with Gasteiger partial charge in [0.2, 0.25) is 0 Å². The van der Waals surface area contributed by atoms with Crippen LogP contribution in [-0.4, -0.2) is 15.2 Å². The van der Waals surface area contributed by atoms with Gasteiger partial charge in [0, 0.05) is 6.04 Å². The van der Waals surface area contributed by atoms with Crippen LogP contribution < -0.4 is 5.73 Å². The van der Waals surface area contributed by atoms with E-state index in [9.17, 15) is 0 Å². The van der Waals surface area contributed by atoms with Gasteiger partial charge in [-0.15, -0.1) is 0 Å². The molecule has 102 valence electrons. The van der Waals surface area contributed by atoms with Crippen LogP contribution in [0, 0.1) is 3.80 Å².